The molecule has 96 valence electrons. The van der Waals surface area contributed by atoms with Crippen molar-refractivity contribution in [1.29, 1.82) is 0 Å². The van der Waals surface area contributed by atoms with Crippen molar-refractivity contribution >= 4 is 0 Å². The van der Waals surface area contributed by atoms with Gasteiger partial charge < -0.3 is 10.1 Å². The van der Waals surface area contributed by atoms with Gasteiger partial charge in [0.2, 0.25) is 0 Å². The van der Waals surface area contributed by atoms with Gasteiger partial charge in [-0.15, -0.1) is 0 Å². The van der Waals surface area contributed by atoms with Crippen LogP contribution < -0.4 is 5.32 Å². The van der Waals surface area contributed by atoms with E-state index in [4.69, 9.17) is 4.74 Å². The van der Waals surface area contributed by atoms with Crippen molar-refractivity contribution in [2.75, 3.05) is 39.3 Å². The molecule has 0 aliphatic carbocycles. The Hall–Kier alpha value is -0.120. The summed E-state index contributed by atoms with van der Waals surface area (Å²) in [6, 6.07) is 0. The average Bonchev–Trinajstić information content (AvgIpc) is 2.15. The van der Waals surface area contributed by atoms with Crippen LogP contribution in [0.4, 0.5) is 0 Å². The van der Waals surface area contributed by atoms with Crippen molar-refractivity contribution in [3.63, 3.8) is 0 Å². The molecule has 1 fully saturated rings. The molecule has 0 bridgehead atoms. The summed E-state index contributed by atoms with van der Waals surface area (Å²) in [6.45, 7) is 15.5. The second-order valence-electron chi connectivity index (χ2n) is 6.04. The third kappa shape index (κ3) is 6.46. The topological polar surface area (TPSA) is 24.5 Å². The lowest BCUT2D eigenvalue weighted by Gasteiger charge is -2.31. The fourth-order valence-electron chi connectivity index (χ4n) is 1.92. The summed E-state index contributed by atoms with van der Waals surface area (Å²) >= 11 is 0. The van der Waals surface area contributed by atoms with Gasteiger partial charge >= 0.3 is 0 Å². The van der Waals surface area contributed by atoms with Gasteiger partial charge in [-0.05, 0) is 25.3 Å². The highest BCUT2D eigenvalue weighted by atomic mass is 16.5. The highest BCUT2D eigenvalue weighted by Crippen LogP contribution is 2.16. The van der Waals surface area contributed by atoms with Crippen molar-refractivity contribution in [3.05, 3.63) is 0 Å². The first-order valence-electron chi connectivity index (χ1n) is 6.52. The third-order valence-electron chi connectivity index (χ3n) is 2.98. The fourth-order valence-corrected chi connectivity index (χ4v) is 1.92. The van der Waals surface area contributed by atoms with E-state index in [0.717, 1.165) is 39.3 Å². The molecule has 16 heavy (non-hydrogen) atoms. The molecule has 1 aliphatic heterocycles. The monoisotopic (exact) mass is 228 g/mol. The van der Waals surface area contributed by atoms with Crippen molar-refractivity contribution in [1.82, 2.24) is 10.2 Å². The molecule has 1 aliphatic rings. The largest absolute Gasteiger partial charge is 0.376 e. The maximum atomic E-state index is 5.52. The first-order valence-corrected chi connectivity index (χ1v) is 6.52. The van der Waals surface area contributed by atoms with E-state index in [9.17, 15) is 0 Å². The number of nitrogens with one attached hydrogen (secondary N) is 1. The maximum Gasteiger partial charge on any atom is 0.0674 e. The van der Waals surface area contributed by atoms with Crippen LogP contribution in [0.5, 0.6) is 0 Å². The number of ether oxygens (including phenoxy) is 1. The van der Waals surface area contributed by atoms with Gasteiger partial charge in [0.1, 0.15) is 0 Å². The van der Waals surface area contributed by atoms with Gasteiger partial charge in [-0.25, -0.2) is 0 Å². The van der Waals surface area contributed by atoms with Gasteiger partial charge in [0.15, 0.2) is 0 Å². The Morgan fingerprint density at radius 1 is 1.31 bits per heavy atom. The molecule has 1 N–H and O–H groups in total. The van der Waals surface area contributed by atoms with Crippen molar-refractivity contribution < 1.29 is 4.74 Å². The maximum absolute atomic E-state index is 5.52. The van der Waals surface area contributed by atoms with Gasteiger partial charge in [0.05, 0.1) is 12.7 Å². The minimum atomic E-state index is 0.406. The lowest BCUT2D eigenvalue weighted by Crippen LogP contribution is -2.44. The summed E-state index contributed by atoms with van der Waals surface area (Å²) in [4.78, 5) is 2.48. The minimum Gasteiger partial charge on any atom is -0.376 e. The lowest BCUT2D eigenvalue weighted by molar-refractivity contribution is -0.0176. The van der Waals surface area contributed by atoms with Gasteiger partial charge in [-0.3, -0.25) is 4.90 Å². The Labute approximate surface area is 101 Å². The predicted molar refractivity (Wildman–Crippen MR) is 68.8 cm³/mol. The van der Waals surface area contributed by atoms with Crippen LogP contribution in [0.1, 0.15) is 34.1 Å². The molecule has 1 saturated heterocycles. The summed E-state index contributed by atoms with van der Waals surface area (Å²) in [5, 5.41) is 3.52. The van der Waals surface area contributed by atoms with Crippen LogP contribution in [0.3, 0.4) is 0 Å². The molecule has 0 spiro atoms. The van der Waals surface area contributed by atoms with E-state index >= 15 is 0 Å². The molecule has 1 atom stereocenters. The van der Waals surface area contributed by atoms with Crippen molar-refractivity contribution in [3.8, 4) is 0 Å². The zero-order valence-electron chi connectivity index (χ0n) is 11.4. The molecular weight excluding hydrogens is 200 g/mol. The Morgan fingerprint density at radius 3 is 2.69 bits per heavy atom. The zero-order valence-corrected chi connectivity index (χ0v) is 11.4. The third-order valence-corrected chi connectivity index (χ3v) is 2.98. The van der Waals surface area contributed by atoms with Crippen LogP contribution in [-0.4, -0.2) is 50.3 Å². The molecule has 3 nitrogen and oxygen atoms in total. The first-order chi connectivity index (χ1) is 7.47. The van der Waals surface area contributed by atoms with Crippen LogP contribution in [0, 0.1) is 5.41 Å². The normalized spacial score (nSPS) is 23.6. The zero-order chi connectivity index (χ0) is 12.0. The Kier molecular flexibility index (Phi) is 5.73. The van der Waals surface area contributed by atoms with Crippen LogP contribution in [0.25, 0.3) is 0 Å². The minimum absolute atomic E-state index is 0.406. The second-order valence-corrected chi connectivity index (χ2v) is 6.04. The molecule has 0 saturated carbocycles. The Balaban J connectivity index is 1.98. The van der Waals surface area contributed by atoms with Crippen LogP contribution >= 0.6 is 0 Å². The highest BCUT2D eigenvalue weighted by molar-refractivity contribution is 4.69. The molecular formula is C13H28N2O. The molecule has 0 aromatic heterocycles. The van der Waals surface area contributed by atoms with Crippen molar-refractivity contribution in [2.24, 2.45) is 5.41 Å². The number of hydrogen-bond donors (Lipinski definition) is 1. The van der Waals surface area contributed by atoms with E-state index in [1.807, 2.05) is 0 Å². The number of hydrogen-bond acceptors (Lipinski definition) is 3. The van der Waals surface area contributed by atoms with Gasteiger partial charge in [0, 0.05) is 26.2 Å². The van der Waals surface area contributed by atoms with Gasteiger partial charge in [-0.2, -0.15) is 0 Å². The average molecular weight is 228 g/mol. The Morgan fingerprint density at radius 2 is 2.06 bits per heavy atom. The summed E-state index contributed by atoms with van der Waals surface area (Å²) in [6.07, 6.45) is 1.65. The van der Waals surface area contributed by atoms with E-state index in [0.29, 0.717) is 11.5 Å². The second kappa shape index (κ2) is 6.58. The molecule has 0 amide bonds. The standard InChI is InChI=1S/C13H28N2O/c1-12-11-15(9-10-16-12)8-7-14-6-5-13(2,3)4/h12,14H,5-11H2,1-4H3. The molecule has 0 aromatic carbocycles. The van der Waals surface area contributed by atoms with Crippen molar-refractivity contribution in [2.45, 2.75) is 40.2 Å². The summed E-state index contributed by atoms with van der Waals surface area (Å²) < 4.78 is 5.52. The van der Waals surface area contributed by atoms with E-state index in [-0.39, 0.29) is 0 Å². The molecule has 1 heterocycles. The summed E-state index contributed by atoms with van der Waals surface area (Å²) in [7, 11) is 0. The van der Waals surface area contributed by atoms with Crippen LogP contribution in [0.2, 0.25) is 0 Å². The Bertz CT molecular complexity index is 189. The predicted octanol–water partition coefficient (Wildman–Crippen LogP) is 1.73. The number of nitrogens with zero attached hydrogens (tertiary/aromatic N) is 1. The van der Waals surface area contributed by atoms with Gasteiger partial charge in [0.25, 0.3) is 0 Å². The lowest BCUT2D eigenvalue weighted by atomic mass is 9.92. The van der Waals surface area contributed by atoms with E-state index in [2.05, 4.69) is 37.9 Å². The van der Waals surface area contributed by atoms with E-state index in [1.54, 1.807) is 0 Å². The fraction of sp³-hybridized carbons (Fsp3) is 1.00. The molecule has 0 aromatic rings. The summed E-state index contributed by atoms with van der Waals surface area (Å²) in [5.41, 5.74) is 0.445. The molecule has 1 unspecified atom stereocenters. The quantitative estimate of drug-likeness (QED) is 0.725. The molecule has 1 rings (SSSR count). The molecule has 3 heteroatoms. The van der Waals surface area contributed by atoms with Gasteiger partial charge in [-0.1, -0.05) is 20.8 Å². The number of rotatable bonds is 5. The van der Waals surface area contributed by atoms with E-state index < -0.39 is 0 Å². The van der Waals surface area contributed by atoms with Crippen LogP contribution in [-0.2, 0) is 4.74 Å². The first kappa shape index (κ1) is 13.9. The van der Waals surface area contributed by atoms with E-state index in [1.165, 1.54) is 6.42 Å². The highest BCUT2D eigenvalue weighted by Gasteiger charge is 2.15. The van der Waals surface area contributed by atoms with Crippen LogP contribution in [0.15, 0.2) is 0 Å². The number of morpholine rings is 1. The molecule has 0 radical (unpaired) electrons. The summed E-state index contributed by atoms with van der Waals surface area (Å²) in [5.74, 6) is 0. The SMILES string of the molecule is CC1CN(CCNCCC(C)(C)C)CCO1. The smallest absolute Gasteiger partial charge is 0.0674 e.